The fourth-order valence-electron chi connectivity index (χ4n) is 2.25. The van der Waals surface area contributed by atoms with Gasteiger partial charge in [-0.15, -0.1) is 0 Å². The Balaban J connectivity index is 2.01. The van der Waals surface area contributed by atoms with Gasteiger partial charge in [-0.05, 0) is 24.3 Å². The average molecular weight is 329 g/mol. The Labute approximate surface area is 138 Å². The van der Waals surface area contributed by atoms with Crippen molar-refractivity contribution in [3.8, 4) is 17.2 Å². The Bertz CT molecular complexity index is 795. The van der Waals surface area contributed by atoms with E-state index in [2.05, 4.69) is 4.99 Å². The number of cyclic esters (lactones) is 1. The summed E-state index contributed by atoms with van der Waals surface area (Å²) in [5.41, 5.74) is 0.675. The summed E-state index contributed by atoms with van der Waals surface area (Å²) in [6.07, 6.45) is 3.02. The van der Waals surface area contributed by atoms with Gasteiger partial charge in [0.2, 0.25) is 11.6 Å². The molecule has 7 heteroatoms. The summed E-state index contributed by atoms with van der Waals surface area (Å²) in [4.78, 5) is 16.2. The number of rotatable bonds is 5. The molecule has 0 saturated carbocycles. The summed E-state index contributed by atoms with van der Waals surface area (Å²) in [5.74, 6) is 1.42. The minimum atomic E-state index is -0.560. The first kappa shape index (κ1) is 15.7. The molecule has 7 nitrogen and oxygen atoms in total. The fraction of sp³-hybridized carbons (Fsp3) is 0.176. The van der Waals surface area contributed by atoms with Crippen molar-refractivity contribution in [1.29, 1.82) is 0 Å². The first-order valence-electron chi connectivity index (χ1n) is 7.02. The number of carbonyl (C=O) groups is 1. The van der Waals surface area contributed by atoms with Crippen molar-refractivity contribution in [2.45, 2.75) is 0 Å². The van der Waals surface area contributed by atoms with Gasteiger partial charge in [0.05, 0.1) is 27.6 Å². The van der Waals surface area contributed by atoms with Crippen LogP contribution in [0.25, 0.3) is 6.08 Å². The molecule has 3 rings (SSSR count). The van der Waals surface area contributed by atoms with Gasteiger partial charge in [0.1, 0.15) is 5.76 Å². The zero-order valence-corrected chi connectivity index (χ0v) is 13.4. The van der Waals surface area contributed by atoms with E-state index < -0.39 is 5.97 Å². The monoisotopic (exact) mass is 329 g/mol. The lowest BCUT2D eigenvalue weighted by Gasteiger charge is -2.13. The first-order chi connectivity index (χ1) is 11.7. The number of hydrogen-bond acceptors (Lipinski definition) is 7. The van der Waals surface area contributed by atoms with Crippen molar-refractivity contribution in [3.63, 3.8) is 0 Å². The minimum Gasteiger partial charge on any atom is -0.493 e. The number of esters is 1. The van der Waals surface area contributed by atoms with Gasteiger partial charge in [0, 0.05) is 11.6 Å². The Morgan fingerprint density at radius 2 is 1.79 bits per heavy atom. The summed E-state index contributed by atoms with van der Waals surface area (Å²) in [7, 11) is 4.52. The van der Waals surface area contributed by atoms with Crippen LogP contribution in [0.15, 0.2) is 45.6 Å². The second-order valence-electron chi connectivity index (χ2n) is 4.77. The zero-order valence-electron chi connectivity index (χ0n) is 13.4. The molecule has 24 heavy (non-hydrogen) atoms. The zero-order chi connectivity index (χ0) is 17.1. The molecule has 0 N–H and O–H groups in total. The van der Waals surface area contributed by atoms with Gasteiger partial charge in [-0.2, -0.15) is 0 Å². The van der Waals surface area contributed by atoms with Crippen molar-refractivity contribution in [2.24, 2.45) is 4.99 Å². The maximum Gasteiger partial charge on any atom is 0.363 e. The van der Waals surface area contributed by atoms with Crippen LogP contribution >= 0.6 is 0 Å². The standard InChI is InChI=1S/C17H15NO6/c1-20-13-7-10(8-14(21-2)15(13)22-3)16-18-12(17(19)24-16)9-11-5-4-6-23-11/h4-9H,1-3H3/b12-9+. The lowest BCUT2D eigenvalue weighted by Crippen LogP contribution is -2.06. The van der Waals surface area contributed by atoms with Crippen molar-refractivity contribution in [3.05, 3.63) is 47.5 Å². The van der Waals surface area contributed by atoms with Crippen LogP contribution in [0.4, 0.5) is 0 Å². The van der Waals surface area contributed by atoms with Gasteiger partial charge in [-0.1, -0.05) is 0 Å². The molecule has 0 saturated heterocycles. The molecule has 0 fully saturated rings. The number of methoxy groups -OCH3 is 3. The molecule has 124 valence electrons. The van der Waals surface area contributed by atoms with E-state index in [1.807, 2.05) is 0 Å². The molecule has 0 radical (unpaired) electrons. The molecule has 0 amide bonds. The van der Waals surface area contributed by atoms with Gasteiger partial charge in [-0.25, -0.2) is 9.79 Å². The summed E-state index contributed by atoms with van der Waals surface area (Å²) >= 11 is 0. The summed E-state index contributed by atoms with van der Waals surface area (Å²) in [5, 5.41) is 0. The highest BCUT2D eigenvalue weighted by molar-refractivity contribution is 6.13. The van der Waals surface area contributed by atoms with E-state index in [1.54, 1.807) is 24.3 Å². The highest BCUT2D eigenvalue weighted by Gasteiger charge is 2.26. The van der Waals surface area contributed by atoms with Gasteiger partial charge >= 0.3 is 5.97 Å². The van der Waals surface area contributed by atoms with E-state index in [1.165, 1.54) is 33.7 Å². The van der Waals surface area contributed by atoms with Crippen LogP contribution < -0.4 is 14.2 Å². The molecule has 1 aliphatic rings. The SMILES string of the molecule is COc1cc(C2=N/C(=C/c3ccco3)C(=O)O2)cc(OC)c1OC. The van der Waals surface area contributed by atoms with Crippen molar-refractivity contribution in [1.82, 2.24) is 0 Å². The number of ether oxygens (including phenoxy) is 4. The Morgan fingerprint density at radius 1 is 1.08 bits per heavy atom. The number of carbonyl (C=O) groups excluding carboxylic acids is 1. The predicted octanol–water partition coefficient (Wildman–Crippen LogP) is 2.65. The molecule has 2 aromatic rings. The third-order valence-electron chi connectivity index (χ3n) is 3.35. The number of furan rings is 1. The smallest absolute Gasteiger partial charge is 0.363 e. The van der Waals surface area contributed by atoms with E-state index in [0.717, 1.165) is 0 Å². The van der Waals surface area contributed by atoms with E-state index in [-0.39, 0.29) is 11.6 Å². The highest BCUT2D eigenvalue weighted by atomic mass is 16.6. The molecule has 0 aliphatic carbocycles. The lowest BCUT2D eigenvalue weighted by atomic mass is 10.2. The Kier molecular flexibility index (Phi) is 4.24. The Morgan fingerprint density at radius 3 is 2.33 bits per heavy atom. The largest absolute Gasteiger partial charge is 0.493 e. The molecule has 1 aliphatic heterocycles. The second-order valence-corrected chi connectivity index (χ2v) is 4.77. The number of hydrogen-bond donors (Lipinski definition) is 0. The maximum absolute atomic E-state index is 12.0. The third kappa shape index (κ3) is 2.83. The molecule has 0 spiro atoms. The lowest BCUT2D eigenvalue weighted by molar-refractivity contribution is -0.129. The van der Waals surface area contributed by atoms with Crippen LogP contribution in [-0.2, 0) is 9.53 Å². The van der Waals surface area contributed by atoms with Gasteiger partial charge in [0.15, 0.2) is 17.2 Å². The van der Waals surface area contributed by atoms with E-state index in [9.17, 15) is 4.79 Å². The first-order valence-corrected chi connectivity index (χ1v) is 7.02. The van der Waals surface area contributed by atoms with Gasteiger partial charge in [-0.3, -0.25) is 0 Å². The third-order valence-corrected chi connectivity index (χ3v) is 3.35. The van der Waals surface area contributed by atoms with Crippen LogP contribution in [-0.4, -0.2) is 33.2 Å². The Hall–Kier alpha value is -3.22. The molecule has 2 heterocycles. The van der Waals surface area contributed by atoms with Crippen molar-refractivity contribution < 1.29 is 28.2 Å². The number of nitrogens with zero attached hydrogens (tertiary/aromatic N) is 1. The molecule has 1 aromatic heterocycles. The van der Waals surface area contributed by atoms with Crippen LogP contribution in [0.1, 0.15) is 11.3 Å². The molecule has 1 aromatic carbocycles. The molecule has 0 bridgehead atoms. The van der Waals surface area contributed by atoms with Crippen LogP contribution in [0.5, 0.6) is 17.2 Å². The predicted molar refractivity (Wildman–Crippen MR) is 85.4 cm³/mol. The fourth-order valence-corrected chi connectivity index (χ4v) is 2.25. The van der Waals surface area contributed by atoms with E-state index >= 15 is 0 Å². The second kappa shape index (κ2) is 6.49. The van der Waals surface area contributed by atoms with Crippen LogP contribution in [0, 0.1) is 0 Å². The average Bonchev–Trinajstić information content (AvgIpc) is 3.24. The summed E-state index contributed by atoms with van der Waals surface area (Å²) in [6.45, 7) is 0. The molecular weight excluding hydrogens is 314 g/mol. The maximum atomic E-state index is 12.0. The number of benzene rings is 1. The summed E-state index contributed by atoms with van der Waals surface area (Å²) < 4.78 is 26.3. The number of aliphatic imine (C=N–C) groups is 1. The highest BCUT2D eigenvalue weighted by Crippen LogP contribution is 2.39. The van der Waals surface area contributed by atoms with Crippen LogP contribution in [0.2, 0.25) is 0 Å². The van der Waals surface area contributed by atoms with Gasteiger partial charge < -0.3 is 23.4 Å². The van der Waals surface area contributed by atoms with Crippen molar-refractivity contribution in [2.75, 3.05) is 21.3 Å². The quantitative estimate of drug-likeness (QED) is 0.620. The minimum absolute atomic E-state index is 0.147. The molecular formula is C17H15NO6. The molecule has 0 atom stereocenters. The van der Waals surface area contributed by atoms with Crippen LogP contribution in [0.3, 0.4) is 0 Å². The summed E-state index contributed by atoms with van der Waals surface area (Å²) in [6, 6.07) is 6.75. The molecule has 0 unspecified atom stereocenters. The van der Waals surface area contributed by atoms with E-state index in [4.69, 9.17) is 23.4 Å². The van der Waals surface area contributed by atoms with Gasteiger partial charge in [0.25, 0.3) is 0 Å². The normalized spacial score (nSPS) is 15.2. The van der Waals surface area contributed by atoms with E-state index in [0.29, 0.717) is 28.6 Å². The van der Waals surface area contributed by atoms with Crippen molar-refractivity contribution >= 4 is 17.9 Å². The topological polar surface area (TPSA) is 79.5 Å².